The quantitative estimate of drug-likeness (QED) is 0.248. The van der Waals surface area contributed by atoms with Crippen LogP contribution in [0.1, 0.15) is 5.56 Å². The van der Waals surface area contributed by atoms with E-state index in [1.54, 1.807) is 12.1 Å². The molecule has 0 aromatic heterocycles. The molecule has 0 N–H and O–H groups in total. The summed E-state index contributed by atoms with van der Waals surface area (Å²) in [7, 11) is 0. The smallest absolute Gasteiger partial charge is 0.258 e. The van der Waals surface area contributed by atoms with Crippen LogP contribution in [0.4, 0.5) is 0 Å². The molecule has 1 aliphatic carbocycles. The number of allylic oxidation sites excluding steroid dienone is 2. The van der Waals surface area contributed by atoms with Crippen LogP contribution in [0.5, 0.6) is 0 Å². The second-order valence-corrected chi connectivity index (χ2v) is 6.75. The lowest BCUT2D eigenvalue weighted by molar-refractivity contribution is -0.765. The van der Waals surface area contributed by atoms with Crippen LogP contribution in [-0.2, 0) is 4.87 Å². The number of alkyl halides is 1. The summed E-state index contributed by atoms with van der Waals surface area (Å²) in [6.07, 6.45) is 2.86. The minimum Gasteiger partial charge on any atom is -0.258 e. The first-order valence-corrected chi connectivity index (χ1v) is 8.29. The topological polar surface area (TPSA) is 86.3 Å². The number of halogens is 2. The Morgan fingerprint density at radius 1 is 0.846 bits per heavy atom. The fourth-order valence-corrected chi connectivity index (χ4v) is 3.45. The van der Waals surface area contributed by atoms with Crippen molar-refractivity contribution in [2.24, 2.45) is 0 Å². The second kappa shape index (κ2) is 6.55. The molecule has 2 aromatic rings. The molecular formula is C18H12Cl2N2O4. The largest absolute Gasteiger partial charge is 0.498 e. The third-order valence-corrected chi connectivity index (χ3v) is 5.27. The summed E-state index contributed by atoms with van der Waals surface area (Å²) in [5.41, 5.74) is -0.405. The zero-order chi connectivity index (χ0) is 18.9. The Balaban J connectivity index is 2.17. The van der Waals surface area contributed by atoms with Crippen LogP contribution in [0.15, 0.2) is 77.9 Å². The summed E-state index contributed by atoms with van der Waals surface area (Å²) in [5, 5.41) is 22.3. The molecule has 3 rings (SSSR count). The average molecular weight is 391 g/mol. The maximum atomic E-state index is 11.3. The van der Waals surface area contributed by atoms with Gasteiger partial charge >= 0.3 is 5.66 Å². The van der Waals surface area contributed by atoms with Crippen LogP contribution >= 0.6 is 23.2 Å². The number of benzene rings is 2. The van der Waals surface area contributed by atoms with Crippen molar-refractivity contribution >= 4 is 23.2 Å². The van der Waals surface area contributed by atoms with E-state index in [2.05, 4.69) is 0 Å². The average Bonchev–Trinajstić information content (AvgIpc) is 2.64. The van der Waals surface area contributed by atoms with Gasteiger partial charge in [-0.2, -0.15) is 0 Å². The molecule has 8 heteroatoms. The van der Waals surface area contributed by atoms with Gasteiger partial charge in [0.1, 0.15) is 14.7 Å². The van der Waals surface area contributed by atoms with Gasteiger partial charge in [-0.05, 0) is 22.8 Å². The highest BCUT2D eigenvalue weighted by Gasteiger charge is 2.56. The van der Waals surface area contributed by atoms with Crippen molar-refractivity contribution in [1.29, 1.82) is 0 Å². The fourth-order valence-electron chi connectivity index (χ4n) is 2.84. The maximum Gasteiger partial charge on any atom is 0.498 e. The minimum absolute atomic E-state index is 0.196. The molecule has 132 valence electrons. The van der Waals surface area contributed by atoms with Crippen molar-refractivity contribution in [2.45, 2.75) is 10.5 Å². The lowest BCUT2D eigenvalue weighted by Crippen LogP contribution is -2.45. The van der Waals surface area contributed by atoms with Gasteiger partial charge in [-0.3, -0.25) is 20.2 Å². The van der Waals surface area contributed by atoms with Crippen molar-refractivity contribution in [2.75, 3.05) is 0 Å². The van der Waals surface area contributed by atoms with Crippen molar-refractivity contribution in [3.8, 4) is 11.1 Å². The van der Waals surface area contributed by atoms with Crippen LogP contribution < -0.4 is 0 Å². The highest BCUT2D eigenvalue weighted by Crippen LogP contribution is 2.48. The third kappa shape index (κ3) is 2.77. The van der Waals surface area contributed by atoms with E-state index >= 15 is 0 Å². The van der Waals surface area contributed by atoms with E-state index in [0.717, 1.165) is 23.3 Å². The summed E-state index contributed by atoms with van der Waals surface area (Å²) in [6, 6.07) is 16.6. The van der Waals surface area contributed by atoms with E-state index in [0.29, 0.717) is 5.56 Å². The molecule has 1 aliphatic rings. The Bertz CT molecular complexity index is 929. The molecule has 6 nitrogen and oxygen atoms in total. The molecule has 0 radical (unpaired) electrons. The van der Waals surface area contributed by atoms with Gasteiger partial charge in [0.25, 0.3) is 0 Å². The summed E-state index contributed by atoms with van der Waals surface area (Å²) >= 11 is 13.0. The molecule has 0 heterocycles. The summed E-state index contributed by atoms with van der Waals surface area (Å²) in [5.74, 6) is 0. The number of nitro groups is 2. The molecule has 0 spiro atoms. The van der Waals surface area contributed by atoms with E-state index in [-0.39, 0.29) is 5.03 Å². The monoisotopic (exact) mass is 390 g/mol. The van der Waals surface area contributed by atoms with Gasteiger partial charge in [-0.1, -0.05) is 66.2 Å². The first kappa shape index (κ1) is 18.1. The Kier molecular flexibility index (Phi) is 4.56. The van der Waals surface area contributed by atoms with Crippen LogP contribution in [0.25, 0.3) is 11.1 Å². The summed E-state index contributed by atoms with van der Waals surface area (Å²) in [6.45, 7) is 0. The number of nitrogens with zero attached hydrogens (tertiary/aromatic N) is 2. The van der Waals surface area contributed by atoms with Crippen LogP contribution in [0, 0.1) is 20.2 Å². The van der Waals surface area contributed by atoms with Gasteiger partial charge in [0.15, 0.2) is 0 Å². The second-order valence-electron chi connectivity index (χ2n) is 5.75. The Hall–Kier alpha value is -2.70. The Morgan fingerprint density at radius 2 is 1.42 bits per heavy atom. The zero-order valence-electron chi connectivity index (χ0n) is 13.2. The standard InChI is InChI=1S/C18H12Cl2N2O4/c19-16-12-17(21(23)24,22(25)26)10-11-18(16,20)15-9-5-4-8-14(15)13-6-2-1-3-7-13/h1-12H. The molecule has 1 atom stereocenters. The lowest BCUT2D eigenvalue weighted by atomic mass is 9.85. The molecule has 26 heavy (non-hydrogen) atoms. The number of hydrogen-bond donors (Lipinski definition) is 0. The van der Waals surface area contributed by atoms with Gasteiger partial charge in [0, 0.05) is 0 Å². The first-order valence-electron chi connectivity index (χ1n) is 7.53. The van der Waals surface area contributed by atoms with Crippen LogP contribution in [-0.4, -0.2) is 15.5 Å². The molecule has 0 saturated carbocycles. The molecule has 1 unspecified atom stereocenters. The van der Waals surface area contributed by atoms with Gasteiger partial charge in [-0.25, -0.2) is 0 Å². The molecule has 2 aromatic carbocycles. The van der Waals surface area contributed by atoms with Crippen molar-refractivity contribution in [3.63, 3.8) is 0 Å². The van der Waals surface area contributed by atoms with Crippen LogP contribution in [0.3, 0.4) is 0 Å². The van der Waals surface area contributed by atoms with Crippen molar-refractivity contribution < 1.29 is 9.85 Å². The Labute approximate surface area is 158 Å². The van der Waals surface area contributed by atoms with Crippen LogP contribution in [0.2, 0.25) is 0 Å². The number of hydrogen-bond acceptors (Lipinski definition) is 4. The number of rotatable bonds is 4. The summed E-state index contributed by atoms with van der Waals surface area (Å²) < 4.78 is 0. The fraction of sp³-hybridized carbons (Fsp3) is 0.111. The molecule has 0 amide bonds. The van der Waals surface area contributed by atoms with E-state index < -0.39 is 20.4 Å². The highest BCUT2D eigenvalue weighted by atomic mass is 35.5. The van der Waals surface area contributed by atoms with Gasteiger partial charge in [-0.15, -0.1) is 11.6 Å². The SMILES string of the molecule is O=[N+]([O-])C1([N+](=O)[O-])C=CC(Cl)(c2ccccc2-c2ccccc2)C(Cl)=C1. The van der Waals surface area contributed by atoms with Gasteiger partial charge < -0.3 is 0 Å². The predicted octanol–water partition coefficient (Wildman–Crippen LogP) is 4.73. The summed E-state index contributed by atoms with van der Waals surface area (Å²) in [4.78, 5) is 19.1. The van der Waals surface area contributed by atoms with E-state index in [9.17, 15) is 20.2 Å². The lowest BCUT2D eigenvalue weighted by Gasteiger charge is -2.29. The highest BCUT2D eigenvalue weighted by molar-refractivity contribution is 6.40. The normalized spacial score (nSPS) is 21.1. The first-order chi connectivity index (χ1) is 12.3. The molecule has 0 bridgehead atoms. The van der Waals surface area contributed by atoms with Crippen molar-refractivity contribution in [1.82, 2.24) is 0 Å². The van der Waals surface area contributed by atoms with E-state index in [4.69, 9.17) is 23.2 Å². The van der Waals surface area contributed by atoms with E-state index in [1.165, 1.54) is 6.08 Å². The van der Waals surface area contributed by atoms with E-state index in [1.807, 2.05) is 42.5 Å². The minimum atomic E-state index is -2.63. The molecular weight excluding hydrogens is 379 g/mol. The Morgan fingerprint density at radius 3 is 2.00 bits per heavy atom. The maximum absolute atomic E-state index is 11.3. The molecule has 0 saturated heterocycles. The molecule has 0 fully saturated rings. The van der Waals surface area contributed by atoms with Gasteiger partial charge in [0.05, 0.1) is 17.2 Å². The predicted molar refractivity (Wildman–Crippen MR) is 99.2 cm³/mol. The third-order valence-electron chi connectivity index (χ3n) is 4.23. The van der Waals surface area contributed by atoms with Gasteiger partial charge in [0.2, 0.25) is 0 Å². The van der Waals surface area contributed by atoms with Crippen molar-refractivity contribution in [3.05, 3.63) is 104 Å². The molecule has 0 aliphatic heterocycles. The zero-order valence-corrected chi connectivity index (χ0v) is 14.7.